The maximum atomic E-state index is 12.9. The smallest absolute Gasteiger partial charge is 0.276 e. The first-order valence-electron chi connectivity index (χ1n) is 9.71. The summed E-state index contributed by atoms with van der Waals surface area (Å²) in [6.07, 6.45) is 3.47. The van der Waals surface area contributed by atoms with Gasteiger partial charge in [0, 0.05) is 39.3 Å². The number of carbonyl (C=O) groups is 1. The summed E-state index contributed by atoms with van der Waals surface area (Å²) in [6.45, 7) is 5.45. The van der Waals surface area contributed by atoms with Crippen molar-refractivity contribution >= 4 is 5.91 Å². The minimum absolute atomic E-state index is 0.0486. The first-order chi connectivity index (χ1) is 13.2. The molecule has 0 unspecified atom stereocenters. The molecule has 0 spiro atoms. The summed E-state index contributed by atoms with van der Waals surface area (Å²) in [7, 11) is 1.61. The Labute approximate surface area is 160 Å². The molecule has 2 aliphatic rings. The van der Waals surface area contributed by atoms with E-state index in [9.17, 15) is 4.79 Å². The highest BCUT2D eigenvalue weighted by Crippen LogP contribution is 2.25. The fraction of sp³-hybridized carbons (Fsp3) is 0.524. The minimum atomic E-state index is -0.0486. The van der Waals surface area contributed by atoms with Crippen molar-refractivity contribution in [3.63, 3.8) is 0 Å². The number of hydrogen-bond acceptors (Lipinski definition) is 5. The SMILES string of the molecule is COCc1c(C(=O)N2CCN([C@@H]3CCc4ccccc4C3)CC2)noc1C. The average Bonchev–Trinajstić information content (AvgIpc) is 3.08. The van der Waals surface area contributed by atoms with Crippen LogP contribution in [0.3, 0.4) is 0 Å². The standard InChI is InChI=1S/C21H27N3O3/c1-15-19(14-26-2)20(22-27-15)21(25)24-11-9-23(10-12-24)18-8-7-16-5-3-4-6-17(16)13-18/h3-6,18H,7-14H2,1-2H3/t18-/m1/s1. The number of aryl methyl sites for hydroxylation is 2. The topological polar surface area (TPSA) is 58.8 Å². The molecule has 1 atom stereocenters. The molecule has 1 fully saturated rings. The largest absolute Gasteiger partial charge is 0.380 e. The minimum Gasteiger partial charge on any atom is -0.380 e. The number of benzene rings is 1. The second-order valence-corrected chi connectivity index (χ2v) is 7.49. The number of hydrogen-bond donors (Lipinski definition) is 0. The molecular weight excluding hydrogens is 342 g/mol. The number of piperazine rings is 1. The van der Waals surface area contributed by atoms with Crippen molar-refractivity contribution in [3.05, 3.63) is 52.4 Å². The van der Waals surface area contributed by atoms with E-state index in [2.05, 4.69) is 34.3 Å². The zero-order valence-corrected chi connectivity index (χ0v) is 16.1. The summed E-state index contributed by atoms with van der Waals surface area (Å²) in [5, 5.41) is 3.98. The van der Waals surface area contributed by atoms with Crippen molar-refractivity contribution in [2.24, 2.45) is 0 Å². The van der Waals surface area contributed by atoms with Gasteiger partial charge in [-0.2, -0.15) is 0 Å². The Hall–Kier alpha value is -2.18. The normalized spacial score (nSPS) is 20.5. The molecule has 0 bridgehead atoms. The molecule has 1 aliphatic heterocycles. The van der Waals surface area contributed by atoms with Gasteiger partial charge in [-0.1, -0.05) is 29.4 Å². The Bertz CT molecular complexity index is 809. The van der Waals surface area contributed by atoms with Crippen molar-refractivity contribution in [1.29, 1.82) is 0 Å². The fourth-order valence-electron chi connectivity index (χ4n) is 4.30. The zero-order valence-electron chi connectivity index (χ0n) is 16.1. The monoisotopic (exact) mass is 369 g/mol. The van der Waals surface area contributed by atoms with E-state index in [1.54, 1.807) is 7.11 Å². The molecule has 2 aromatic rings. The van der Waals surface area contributed by atoms with E-state index in [0.717, 1.165) is 44.6 Å². The Kier molecular flexibility index (Phi) is 5.27. The molecule has 2 heterocycles. The van der Waals surface area contributed by atoms with E-state index < -0.39 is 0 Å². The van der Waals surface area contributed by atoms with Crippen LogP contribution in [-0.4, -0.2) is 60.2 Å². The lowest BCUT2D eigenvalue weighted by Crippen LogP contribution is -2.53. The fourth-order valence-corrected chi connectivity index (χ4v) is 4.30. The summed E-state index contributed by atoms with van der Waals surface area (Å²) in [4.78, 5) is 17.3. The van der Waals surface area contributed by atoms with Gasteiger partial charge in [0.1, 0.15) is 5.76 Å². The van der Waals surface area contributed by atoms with Crippen molar-refractivity contribution in [3.8, 4) is 0 Å². The molecule has 0 N–H and O–H groups in total. The van der Waals surface area contributed by atoms with Crippen LogP contribution in [0.5, 0.6) is 0 Å². The molecule has 1 aromatic heterocycles. The van der Waals surface area contributed by atoms with Crippen molar-refractivity contribution in [2.45, 2.75) is 38.8 Å². The van der Waals surface area contributed by atoms with E-state index in [1.807, 2.05) is 11.8 Å². The van der Waals surface area contributed by atoms with Gasteiger partial charge >= 0.3 is 0 Å². The third kappa shape index (κ3) is 3.64. The first-order valence-corrected chi connectivity index (χ1v) is 9.71. The summed E-state index contributed by atoms with van der Waals surface area (Å²) in [5.41, 5.74) is 4.13. The highest BCUT2D eigenvalue weighted by Gasteiger charge is 2.31. The van der Waals surface area contributed by atoms with Crippen LogP contribution in [0.25, 0.3) is 0 Å². The van der Waals surface area contributed by atoms with Crippen LogP contribution in [0.4, 0.5) is 0 Å². The zero-order chi connectivity index (χ0) is 18.8. The predicted molar refractivity (Wildman–Crippen MR) is 102 cm³/mol. The molecule has 1 aromatic carbocycles. The Morgan fingerprint density at radius 3 is 2.70 bits per heavy atom. The number of rotatable bonds is 4. The van der Waals surface area contributed by atoms with Crippen LogP contribution in [0.15, 0.2) is 28.8 Å². The third-order valence-corrected chi connectivity index (χ3v) is 5.91. The summed E-state index contributed by atoms with van der Waals surface area (Å²) in [5.74, 6) is 0.604. The van der Waals surface area contributed by atoms with Gasteiger partial charge in [0.25, 0.3) is 5.91 Å². The van der Waals surface area contributed by atoms with Crippen molar-refractivity contribution in [2.75, 3.05) is 33.3 Å². The molecule has 144 valence electrons. The maximum absolute atomic E-state index is 12.9. The van der Waals surface area contributed by atoms with E-state index in [0.29, 0.717) is 24.1 Å². The van der Waals surface area contributed by atoms with Crippen LogP contribution < -0.4 is 0 Å². The second-order valence-electron chi connectivity index (χ2n) is 7.49. The van der Waals surface area contributed by atoms with Crippen LogP contribution in [0, 0.1) is 6.92 Å². The molecule has 1 amide bonds. The lowest BCUT2D eigenvalue weighted by atomic mass is 9.87. The number of ether oxygens (including phenoxy) is 1. The molecule has 0 radical (unpaired) electrons. The predicted octanol–water partition coefficient (Wildman–Crippen LogP) is 2.44. The summed E-state index contributed by atoms with van der Waals surface area (Å²) < 4.78 is 10.4. The molecule has 0 saturated carbocycles. The highest BCUT2D eigenvalue weighted by atomic mass is 16.5. The number of carbonyl (C=O) groups excluding carboxylic acids is 1. The van der Waals surface area contributed by atoms with Crippen LogP contribution >= 0.6 is 0 Å². The quantitative estimate of drug-likeness (QED) is 0.829. The number of amides is 1. The van der Waals surface area contributed by atoms with Gasteiger partial charge < -0.3 is 14.2 Å². The van der Waals surface area contributed by atoms with Gasteiger partial charge in [-0.3, -0.25) is 9.69 Å². The van der Waals surface area contributed by atoms with Gasteiger partial charge in [0.2, 0.25) is 0 Å². The molecule has 1 saturated heterocycles. The molecule has 4 rings (SSSR count). The third-order valence-electron chi connectivity index (χ3n) is 5.91. The molecule has 6 heteroatoms. The Morgan fingerprint density at radius 1 is 1.22 bits per heavy atom. The second kappa shape index (κ2) is 7.82. The van der Waals surface area contributed by atoms with Gasteiger partial charge in [-0.15, -0.1) is 0 Å². The lowest BCUT2D eigenvalue weighted by Gasteiger charge is -2.41. The highest BCUT2D eigenvalue weighted by molar-refractivity contribution is 5.93. The number of fused-ring (bicyclic) bond motifs is 1. The van der Waals surface area contributed by atoms with Gasteiger partial charge in [0.05, 0.1) is 12.2 Å². The van der Waals surface area contributed by atoms with Crippen LogP contribution in [0.1, 0.15) is 39.4 Å². The van der Waals surface area contributed by atoms with Crippen molar-refractivity contribution < 1.29 is 14.1 Å². The number of methoxy groups -OCH3 is 1. The van der Waals surface area contributed by atoms with E-state index in [-0.39, 0.29) is 5.91 Å². The Balaban J connectivity index is 1.37. The Morgan fingerprint density at radius 2 is 1.96 bits per heavy atom. The summed E-state index contributed by atoms with van der Waals surface area (Å²) in [6, 6.07) is 9.35. The molecule has 1 aliphatic carbocycles. The van der Waals surface area contributed by atoms with Crippen LogP contribution in [0.2, 0.25) is 0 Å². The maximum Gasteiger partial charge on any atom is 0.276 e. The van der Waals surface area contributed by atoms with E-state index >= 15 is 0 Å². The molecule has 27 heavy (non-hydrogen) atoms. The van der Waals surface area contributed by atoms with Crippen LogP contribution in [-0.2, 0) is 24.2 Å². The van der Waals surface area contributed by atoms with Gasteiger partial charge in [0.15, 0.2) is 5.69 Å². The number of nitrogens with zero attached hydrogens (tertiary/aromatic N) is 3. The van der Waals surface area contributed by atoms with Gasteiger partial charge in [-0.05, 0) is 37.3 Å². The van der Waals surface area contributed by atoms with Gasteiger partial charge in [-0.25, -0.2) is 0 Å². The molecular formula is C21H27N3O3. The van der Waals surface area contributed by atoms with E-state index in [4.69, 9.17) is 9.26 Å². The van der Waals surface area contributed by atoms with Crippen molar-refractivity contribution in [1.82, 2.24) is 15.0 Å². The van der Waals surface area contributed by atoms with E-state index in [1.165, 1.54) is 17.5 Å². The first kappa shape index (κ1) is 18.2. The lowest BCUT2D eigenvalue weighted by molar-refractivity contribution is 0.0541. The average molecular weight is 369 g/mol. The summed E-state index contributed by atoms with van der Waals surface area (Å²) >= 11 is 0. The molecule has 6 nitrogen and oxygen atoms in total. The number of aromatic nitrogens is 1.